The van der Waals surface area contributed by atoms with E-state index >= 15 is 0 Å². The maximum Gasteiger partial charge on any atom is 0.326 e. The van der Waals surface area contributed by atoms with Crippen LogP contribution in [0.15, 0.2) is 30.7 Å². The number of fused-ring (bicyclic) bond motifs is 4. The molecule has 1 saturated carbocycles. The van der Waals surface area contributed by atoms with Crippen molar-refractivity contribution in [2.45, 2.75) is 18.9 Å². The summed E-state index contributed by atoms with van der Waals surface area (Å²) in [7, 11) is 1.73. The number of halogens is 2. The van der Waals surface area contributed by atoms with Crippen LogP contribution in [0, 0.1) is 11.2 Å². The Balaban J connectivity index is 1.40. The fourth-order valence-corrected chi connectivity index (χ4v) is 5.50. The Kier molecular flexibility index (Phi) is 4.22. The molecule has 7 rings (SSSR count). The Morgan fingerprint density at radius 2 is 2.17 bits per heavy atom. The summed E-state index contributed by atoms with van der Waals surface area (Å²) < 4.78 is 22.4. The highest BCUT2D eigenvalue weighted by Crippen LogP contribution is 2.50. The van der Waals surface area contributed by atoms with Crippen LogP contribution in [0.4, 0.5) is 15.9 Å². The summed E-state index contributed by atoms with van der Waals surface area (Å²) in [5.41, 5.74) is 8.83. The van der Waals surface area contributed by atoms with E-state index in [1.807, 2.05) is 0 Å². The van der Waals surface area contributed by atoms with Gasteiger partial charge in [-0.25, -0.2) is 13.9 Å². The van der Waals surface area contributed by atoms with E-state index in [1.54, 1.807) is 36.2 Å². The van der Waals surface area contributed by atoms with Crippen molar-refractivity contribution in [3.05, 3.63) is 41.6 Å². The minimum Gasteiger partial charge on any atom is -0.421 e. The predicted molar refractivity (Wildman–Crippen MR) is 131 cm³/mol. The lowest BCUT2D eigenvalue weighted by Crippen LogP contribution is -2.69. The van der Waals surface area contributed by atoms with Crippen molar-refractivity contribution in [3.63, 3.8) is 0 Å². The average molecular weight is 494 g/mol. The van der Waals surface area contributed by atoms with Crippen LogP contribution in [-0.4, -0.2) is 55.7 Å². The van der Waals surface area contributed by atoms with Gasteiger partial charge in [0.15, 0.2) is 11.4 Å². The number of H-pyrrole nitrogens is 1. The van der Waals surface area contributed by atoms with Crippen molar-refractivity contribution in [1.29, 1.82) is 0 Å². The van der Waals surface area contributed by atoms with Gasteiger partial charge >= 0.3 is 6.01 Å². The van der Waals surface area contributed by atoms with Gasteiger partial charge in [-0.05, 0) is 12.8 Å². The van der Waals surface area contributed by atoms with Crippen LogP contribution in [0.2, 0.25) is 5.02 Å². The molecule has 35 heavy (non-hydrogen) atoms. The average Bonchev–Trinajstić information content (AvgIpc) is 3.44. The van der Waals surface area contributed by atoms with Gasteiger partial charge in [0.1, 0.15) is 17.3 Å². The number of aromatic amines is 1. The number of nitrogens with two attached hydrogens (primary N) is 1. The van der Waals surface area contributed by atoms with Gasteiger partial charge < -0.3 is 25.7 Å². The maximum atomic E-state index is 14.7. The standard InChI is InChI=1S/C23H21ClFN9O/c1-27-13-6-12(25)18(24)16-17-20(30-19(13)16)31-22(35-11-7-28-15-3-5-29-34(15)8-11)32-21(17)33-9-23(10-33)4-2-14(23)26/h3,5-8,14,27H,2,4,9-10,26H2,1H3,(H,30,31,32). The van der Waals surface area contributed by atoms with Gasteiger partial charge in [-0.15, -0.1) is 0 Å². The first kappa shape index (κ1) is 20.7. The lowest BCUT2D eigenvalue weighted by Gasteiger charge is -2.60. The van der Waals surface area contributed by atoms with Crippen LogP contribution < -0.4 is 20.7 Å². The number of benzene rings is 1. The summed E-state index contributed by atoms with van der Waals surface area (Å²) >= 11 is 6.48. The normalized spacial score (nSPS) is 18.9. The quantitative estimate of drug-likeness (QED) is 0.346. The molecule has 0 radical (unpaired) electrons. The molecule has 1 unspecified atom stereocenters. The van der Waals surface area contributed by atoms with E-state index in [0.29, 0.717) is 44.8 Å². The van der Waals surface area contributed by atoms with Crippen molar-refractivity contribution >= 4 is 50.7 Å². The Morgan fingerprint density at radius 3 is 2.91 bits per heavy atom. The zero-order chi connectivity index (χ0) is 23.9. The van der Waals surface area contributed by atoms with E-state index in [9.17, 15) is 4.39 Å². The fourth-order valence-electron chi connectivity index (χ4n) is 5.26. The summed E-state index contributed by atoms with van der Waals surface area (Å²) in [4.78, 5) is 19.1. The molecule has 2 aliphatic rings. The van der Waals surface area contributed by atoms with Crippen molar-refractivity contribution in [1.82, 2.24) is 29.5 Å². The van der Waals surface area contributed by atoms with E-state index in [0.717, 1.165) is 25.9 Å². The number of hydrogen-bond acceptors (Lipinski definition) is 8. The van der Waals surface area contributed by atoms with Crippen LogP contribution in [-0.2, 0) is 0 Å². The lowest BCUT2D eigenvalue weighted by atomic mass is 9.60. The first-order chi connectivity index (χ1) is 17.0. The van der Waals surface area contributed by atoms with Crippen LogP contribution in [0.1, 0.15) is 12.8 Å². The summed E-state index contributed by atoms with van der Waals surface area (Å²) in [6, 6.07) is 3.47. The number of ether oxygens (including phenoxy) is 1. The third-order valence-corrected chi connectivity index (χ3v) is 7.70. The van der Waals surface area contributed by atoms with Crippen LogP contribution in [0.25, 0.3) is 27.6 Å². The molecule has 0 amide bonds. The monoisotopic (exact) mass is 493 g/mol. The third kappa shape index (κ3) is 2.91. The SMILES string of the molecule is CNc1cc(F)c(Cl)c2c1[nH]c1nc(Oc3cnc4ccnn4c3)nc(N3CC4(CCC4N)C3)c12. The molecule has 1 aliphatic carbocycles. The minimum absolute atomic E-state index is 0.0210. The molecule has 178 valence electrons. The molecule has 10 nitrogen and oxygen atoms in total. The van der Waals surface area contributed by atoms with E-state index in [1.165, 1.54) is 6.07 Å². The molecule has 1 aromatic carbocycles. The summed E-state index contributed by atoms with van der Waals surface area (Å²) in [5, 5.41) is 8.42. The first-order valence-corrected chi connectivity index (χ1v) is 11.7. The molecule has 12 heteroatoms. The zero-order valence-electron chi connectivity index (χ0n) is 18.7. The number of anilines is 2. The summed E-state index contributed by atoms with van der Waals surface area (Å²) in [6.07, 6.45) is 7.07. The predicted octanol–water partition coefficient (Wildman–Crippen LogP) is 3.71. The second-order valence-corrected chi connectivity index (χ2v) is 9.67. The summed E-state index contributed by atoms with van der Waals surface area (Å²) in [6.45, 7) is 1.53. The molecule has 0 bridgehead atoms. The molecule has 1 aliphatic heterocycles. The van der Waals surface area contributed by atoms with Crippen molar-refractivity contribution < 1.29 is 9.13 Å². The zero-order valence-corrected chi connectivity index (χ0v) is 19.5. The number of nitrogens with one attached hydrogen (secondary N) is 2. The molecular formula is C23H21ClFN9O. The summed E-state index contributed by atoms with van der Waals surface area (Å²) in [5.74, 6) is 0.544. The highest BCUT2D eigenvalue weighted by atomic mass is 35.5. The molecule has 5 heterocycles. The smallest absolute Gasteiger partial charge is 0.326 e. The van der Waals surface area contributed by atoms with E-state index < -0.39 is 5.82 Å². The molecule has 1 saturated heterocycles. The Bertz CT molecular complexity index is 1640. The maximum absolute atomic E-state index is 14.7. The van der Waals surface area contributed by atoms with Gasteiger partial charge in [0, 0.05) is 49.1 Å². The van der Waals surface area contributed by atoms with Crippen molar-refractivity contribution in [2.75, 3.05) is 30.4 Å². The lowest BCUT2D eigenvalue weighted by molar-refractivity contribution is 0.0559. The fraction of sp³-hybridized carbons (Fsp3) is 0.304. The van der Waals surface area contributed by atoms with Crippen LogP contribution >= 0.6 is 11.6 Å². The molecule has 2 fully saturated rings. The van der Waals surface area contributed by atoms with Gasteiger partial charge in [-0.3, -0.25) is 0 Å². The second-order valence-electron chi connectivity index (χ2n) is 9.29. The number of nitrogens with zero attached hydrogens (tertiary/aromatic N) is 6. The number of aromatic nitrogens is 6. The minimum atomic E-state index is -0.518. The van der Waals surface area contributed by atoms with Crippen LogP contribution in [0.5, 0.6) is 11.8 Å². The topological polar surface area (TPSA) is 122 Å². The molecule has 4 aromatic heterocycles. The first-order valence-electron chi connectivity index (χ1n) is 11.3. The Hall–Kier alpha value is -3.70. The van der Waals surface area contributed by atoms with Gasteiger partial charge in [-0.2, -0.15) is 15.1 Å². The van der Waals surface area contributed by atoms with E-state index in [4.69, 9.17) is 27.1 Å². The molecule has 1 spiro atoms. The Morgan fingerprint density at radius 1 is 1.31 bits per heavy atom. The number of hydrogen-bond donors (Lipinski definition) is 3. The molecule has 5 aromatic rings. The number of rotatable bonds is 4. The van der Waals surface area contributed by atoms with E-state index in [2.05, 4.69) is 30.3 Å². The van der Waals surface area contributed by atoms with Gasteiger partial charge in [0.25, 0.3) is 0 Å². The Labute approximate surface area is 203 Å². The van der Waals surface area contributed by atoms with Crippen molar-refractivity contribution in [3.8, 4) is 11.8 Å². The van der Waals surface area contributed by atoms with Crippen molar-refractivity contribution in [2.24, 2.45) is 11.1 Å². The molecule has 4 N–H and O–H groups in total. The van der Waals surface area contributed by atoms with E-state index in [-0.39, 0.29) is 22.5 Å². The van der Waals surface area contributed by atoms with Crippen LogP contribution in [0.3, 0.4) is 0 Å². The van der Waals surface area contributed by atoms with Gasteiger partial charge in [0.05, 0.1) is 40.2 Å². The molecule has 1 atom stereocenters. The molecular weight excluding hydrogens is 473 g/mol. The second kappa shape index (κ2) is 7.15. The highest BCUT2D eigenvalue weighted by molar-refractivity contribution is 6.39. The highest BCUT2D eigenvalue weighted by Gasteiger charge is 2.54. The largest absolute Gasteiger partial charge is 0.421 e. The van der Waals surface area contributed by atoms with Gasteiger partial charge in [0.2, 0.25) is 0 Å². The third-order valence-electron chi connectivity index (χ3n) is 7.33. The van der Waals surface area contributed by atoms with Gasteiger partial charge in [-0.1, -0.05) is 11.6 Å².